The van der Waals surface area contributed by atoms with Crippen molar-refractivity contribution in [3.05, 3.63) is 64.2 Å². The number of aromatic hydroxyl groups is 1. The van der Waals surface area contributed by atoms with E-state index in [9.17, 15) is 23.1 Å². The normalized spacial score (nSPS) is 11.7. The summed E-state index contributed by atoms with van der Waals surface area (Å²) in [5, 5.41) is 11.0. The highest BCUT2D eigenvalue weighted by Gasteiger charge is 2.24. The minimum atomic E-state index is -4.28. The lowest BCUT2D eigenvalue weighted by atomic mass is 10.1. The van der Waals surface area contributed by atoms with Crippen molar-refractivity contribution < 1.29 is 31.9 Å². The molecule has 0 saturated heterocycles. The first kappa shape index (κ1) is 20.5. The molecule has 0 aliphatic carbocycles. The van der Waals surface area contributed by atoms with Crippen LogP contribution in [-0.4, -0.2) is 26.1 Å². The lowest BCUT2D eigenvalue weighted by Crippen LogP contribution is -2.18. The van der Waals surface area contributed by atoms with Gasteiger partial charge in [0.05, 0.1) is 16.9 Å². The second kappa shape index (κ2) is 7.47. The Bertz CT molecular complexity index is 1500. The molecule has 4 rings (SSSR count). The van der Waals surface area contributed by atoms with Crippen LogP contribution in [-0.2, 0) is 14.8 Å². The monoisotopic (exact) mass is 443 g/mol. The van der Waals surface area contributed by atoms with Crippen LogP contribution >= 0.6 is 0 Å². The number of sulfonamides is 1. The van der Waals surface area contributed by atoms with Crippen LogP contribution in [0.4, 0.5) is 5.69 Å². The van der Waals surface area contributed by atoms with Crippen molar-refractivity contribution in [2.45, 2.75) is 18.7 Å². The van der Waals surface area contributed by atoms with Gasteiger partial charge in [0.25, 0.3) is 10.0 Å². The van der Waals surface area contributed by atoms with E-state index in [0.717, 1.165) is 0 Å². The van der Waals surface area contributed by atoms with E-state index in [2.05, 4.69) is 4.72 Å². The zero-order valence-corrected chi connectivity index (χ0v) is 17.3. The predicted octanol–water partition coefficient (Wildman–Crippen LogP) is 3.53. The molecule has 0 unspecified atom stereocenters. The molecule has 0 amide bonds. The summed E-state index contributed by atoms with van der Waals surface area (Å²) < 4.78 is 43.4. The second-order valence-corrected chi connectivity index (χ2v) is 8.33. The molecule has 0 aliphatic rings. The van der Waals surface area contributed by atoms with E-state index >= 15 is 0 Å². The van der Waals surface area contributed by atoms with E-state index in [-0.39, 0.29) is 28.2 Å². The Hall–Kier alpha value is -3.79. The van der Waals surface area contributed by atoms with Crippen molar-refractivity contribution in [2.24, 2.45) is 0 Å². The summed E-state index contributed by atoms with van der Waals surface area (Å²) in [7, 11) is -4.28. The molecule has 0 atom stereocenters. The van der Waals surface area contributed by atoms with E-state index in [4.69, 9.17) is 13.6 Å². The van der Waals surface area contributed by atoms with Gasteiger partial charge in [-0.3, -0.25) is 4.72 Å². The van der Waals surface area contributed by atoms with E-state index in [1.54, 1.807) is 26.0 Å². The van der Waals surface area contributed by atoms with Crippen LogP contribution in [0.2, 0.25) is 0 Å². The number of fused-ring (bicyclic) bond motifs is 2. The van der Waals surface area contributed by atoms with E-state index in [1.807, 2.05) is 0 Å². The lowest BCUT2D eigenvalue weighted by molar-refractivity contribution is 0.0491. The highest BCUT2D eigenvalue weighted by atomic mass is 32.2. The molecule has 0 spiro atoms. The number of ether oxygens (including phenoxy) is 1. The van der Waals surface area contributed by atoms with Gasteiger partial charge < -0.3 is 18.7 Å². The number of rotatable bonds is 5. The molecule has 0 fully saturated rings. The van der Waals surface area contributed by atoms with E-state index in [1.165, 1.54) is 30.3 Å². The van der Waals surface area contributed by atoms with Crippen molar-refractivity contribution >= 4 is 43.6 Å². The van der Waals surface area contributed by atoms with E-state index < -0.39 is 33.1 Å². The van der Waals surface area contributed by atoms with Gasteiger partial charge in [0.2, 0.25) is 5.76 Å². The number of nitrogens with one attached hydrogen (secondary N) is 1. The Balaban J connectivity index is 1.77. The molecule has 2 aromatic carbocycles. The van der Waals surface area contributed by atoms with Gasteiger partial charge in [-0.05, 0) is 44.2 Å². The SMILES string of the molecule is CCOC(=O)c1oc2ccc(S(=O)(=O)Nc3c(O)c4ccccc4oc3=O)cc2c1C. The van der Waals surface area contributed by atoms with Gasteiger partial charge >= 0.3 is 11.6 Å². The number of hydrogen-bond donors (Lipinski definition) is 2. The van der Waals surface area contributed by atoms with Gasteiger partial charge in [0.15, 0.2) is 11.4 Å². The first-order chi connectivity index (χ1) is 14.7. The van der Waals surface area contributed by atoms with E-state index in [0.29, 0.717) is 16.5 Å². The van der Waals surface area contributed by atoms with Crippen LogP contribution < -0.4 is 10.3 Å². The number of carbonyl (C=O) groups is 1. The van der Waals surface area contributed by atoms with Crippen LogP contribution in [0.1, 0.15) is 23.0 Å². The van der Waals surface area contributed by atoms with Crippen molar-refractivity contribution in [2.75, 3.05) is 11.3 Å². The van der Waals surface area contributed by atoms with Crippen LogP contribution in [0.25, 0.3) is 21.9 Å². The lowest BCUT2D eigenvalue weighted by Gasteiger charge is -2.10. The quantitative estimate of drug-likeness (QED) is 0.353. The first-order valence-corrected chi connectivity index (χ1v) is 10.7. The van der Waals surface area contributed by atoms with Crippen molar-refractivity contribution in [1.82, 2.24) is 0 Å². The summed E-state index contributed by atoms with van der Waals surface area (Å²) >= 11 is 0. The van der Waals surface area contributed by atoms with Gasteiger partial charge in [-0.1, -0.05) is 12.1 Å². The average Bonchev–Trinajstić information content (AvgIpc) is 3.07. The van der Waals surface area contributed by atoms with Crippen molar-refractivity contribution in [1.29, 1.82) is 0 Å². The fourth-order valence-corrected chi connectivity index (χ4v) is 4.26. The first-order valence-electron chi connectivity index (χ1n) is 9.21. The van der Waals surface area contributed by atoms with Crippen LogP contribution in [0.15, 0.2) is 61.0 Å². The maximum absolute atomic E-state index is 12.9. The van der Waals surface area contributed by atoms with Gasteiger partial charge in [-0.15, -0.1) is 0 Å². The summed E-state index contributed by atoms with van der Waals surface area (Å²) in [6.07, 6.45) is 0. The van der Waals surface area contributed by atoms with Gasteiger partial charge in [-0.25, -0.2) is 18.0 Å². The molecule has 9 nitrogen and oxygen atoms in total. The molecule has 0 bridgehead atoms. The average molecular weight is 443 g/mol. The van der Waals surface area contributed by atoms with Crippen LogP contribution in [0.3, 0.4) is 0 Å². The number of carbonyl (C=O) groups excluding carboxylic acids is 1. The predicted molar refractivity (Wildman–Crippen MR) is 112 cm³/mol. The van der Waals surface area contributed by atoms with Gasteiger partial charge in [-0.2, -0.15) is 0 Å². The molecule has 4 aromatic rings. The second-order valence-electron chi connectivity index (χ2n) is 6.65. The highest BCUT2D eigenvalue weighted by Crippen LogP contribution is 2.32. The minimum absolute atomic E-state index is 0.0211. The number of aryl methyl sites for hydroxylation is 1. The molecule has 0 saturated carbocycles. The molecule has 31 heavy (non-hydrogen) atoms. The molecule has 160 valence electrons. The smallest absolute Gasteiger partial charge is 0.374 e. The molecule has 10 heteroatoms. The minimum Gasteiger partial charge on any atom is -0.505 e. The fourth-order valence-electron chi connectivity index (χ4n) is 3.18. The Labute approximate surface area is 175 Å². The Morgan fingerprint density at radius 2 is 1.81 bits per heavy atom. The van der Waals surface area contributed by atoms with Crippen molar-refractivity contribution in [3.63, 3.8) is 0 Å². The Morgan fingerprint density at radius 1 is 1.10 bits per heavy atom. The number of esters is 1. The van der Waals surface area contributed by atoms with Crippen molar-refractivity contribution in [3.8, 4) is 5.75 Å². The van der Waals surface area contributed by atoms with Gasteiger partial charge in [0, 0.05) is 10.9 Å². The summed E-state index contributed by atoms with van der Waals surface area (Å²) in [6, 6.07) is 10.1. The molecular weight excluding hydrogens is 426 g/mol. The number of anilines is 1. The Morgan fingerprint density at radius 3 is 2.55 bits per heavy atom. The molecule has 2 N–H and O–H groups in total. The number of para-hydroxylation sites is 1. The van der Waals surface area contributed by atoms with Crippen LogP contribution in [0, 0.1) is 6.92 Å². The maximum atomic E-state index is 12.9. The number of furan rings is 1. The van der Waals surface area contributed by atoms with Crippen LogP contribution in [0.5, 0.6) is 5.75 Å². The molecule has 2 heterocycles. The number of benzene rings is 2. The molecule has 2 aromatic heterocycles. The zero-order valence-electron chi connectivity index (χ0n) is 16.5. The maximum Gasteiger partial charge on any atom is 0.374 e. The third-order valence-corrected chi connectivity index (χ3v) is 6.05. The topological polar surface area (TPSA) is 136 Å². The summed E-state index contributed by atoms with van der Waals surface area (Å²) in [5.41, 5.74) is -0.805. The zero-order chi connectivity index (χ0) is 22.3. The third kappa shape index (κ3) is 3.50. The Kier molecular flexibility index (Phi) is 4.94. The largest absolute Gasteiger partial charge is 0.505 e. The summed E-state index contributed by atoms with van der Waals surface area (Å²) in [4.78, 5) is 24.1. The molecular formula is C21H17NO8S. The highest BCUT2D eigenvalue weighted by molar-refractivity contribution is 7.92. The number of hydrogen-bond acceptors (Lipinski definition) is 8. The summed E-state index contributed by atoms with van der Waals surface area (Å²) in [6.45, 7) is 3.42. The molecule has 0 aliphatic heterocycles. The standard InChI is InChI=1S/C21H17NO8S/c1-3-28-21(25)19-11(2)14-10-12(8-9-16(14)29-19)31(26,27)22-17-18(23)13-6-4-5-7-15(13)30-20(17)24/h4-10,22-23H,3H2,1-2H3. The summed E-state index contributed by atoms with van der Waals surface area (Å²) in [5.74, 6) is -1.22. The fraction of sp³-hybridized carbons (Fsp3) is 0.143. The third-order valence-electron chi connectivity index (χ3n) is 4.70. The van der Waals surface area contributed by atoms with Gasteiger partial charge in [0.1, 0.15) is 11.2 Å². The molecule has 0 radical (unpaired) electrons.